The van der Waals surface area contributed by atoms with E-state index < -0.39 is 0 Å². The molecule has 0 aliphatic rings. The average Bonchev–Trinajstić information content (AvgIpc) is 2.61. The zero-order valence-corrected chi connectivity index (χ0v) is 14.4. The molecule has 0 saturated heterocycles. The van der Waals surface area contributed by atoms with Crippen LogP contribution in [0.3, 0.4) is 0 Å². The second-order valence-corrected chi connectivity index (χ2v) is 5.91. The summed E-state index contributed by atoms with van der Waals surface area (Å²) in [6.07, 6.45) is 2.28. The van der Waals surface area contributed by atoms with Crippen LogP contribution in [-0.4, -0.2) is 21.7 Å². The fraction of sp³-hybridized carbons (Fsp3) is 0.167. The van der Waals surface area contributed by atoms with E-state index in [2.05, 4.69) is 25.8 Å². The summed E-state index contributed by atoms with van der Waals surface area (Å²) in [7, 11) is 0. The Morgan fingerprint density at radius 2 is 1.92 bits per heavy atom. The van der Waals surface area contributed by atoms with Crippen molar-refractivity contribution in [2.45, 2.75) is 13.3 Å². The monoisotopic (exact) mass is 357 g/mol. The van der Waals surface area contributed by atoms with E-state index in [1.807, 2.05) is 25.1 Å². The lowest BCUT2D eigenvalue weighted by molar-refractivity contribution is 0.627. The number of aromatic nitrogens is 3. The fourth-order valence-corrected chi connectivity index (χ4v) is 2.46. The lowest BCUT2D eigenvalue weighted by Crippen LogP contribution is -2.10. The van der Waals surface area contributed by atoms with Crippen molar-refractivity contribution in [2.24, 2.45) is 0 Å². The quantitative estimate of drug-likeness (QED) is 0.685. The molecule has 3 aromatic rings. The number of rotatable bonds is 6. The molecule has 0 aliphatic carbocycles. The molecule has 1 aromatic heterocycles. The third-order valence-corrected chi connectivity index (χ3v) is 4.11. The van der Waals surface area contributed by atoms with Crippen LogP contribution in [0.25, 0.3) is 0 Å². The number of hydrogen-bond acceptors (Lipinski definition) is 5. The van der Waals surface area contributed by atoms with Crippen LogP contribution in [0.15, 0.2) is 48.7 Å². The Bertz CT molecular complexity index is 854. The van der Waals surface area contributed by atoms with Gasteiger partial charge in [0.15, 0.2) is 5.82 Å². The Hall–Kier alpha value is -2.73. The molecule has 0 unspecified atom stereocenters. The van der Waals surface area contributed by atoms with E-state index in [-0.39, 0.29) is 5.82 Å². The van der Waals surface area contributed by atoms with Crippen molar-refractivity contribution in [3.8, 4) is 0 Å². The van der Waals surface area contributed by atoms with Crippen molar-refractivity contribution in [1.82, 2.24) is 15.2 Å². The first-order chi connectivity index (χ1) is 12.1. The van der Waals surface area contributed by atoms with Gasteiger partial charge in [-0.1, -0.05) is 29.8 Å². The molecule has 0 radical (unpaired) electrons. The smallest absolute Gasteiger partial charge is 0.244 e. The highest BCUT2D eigenvalue weighted by atomic mass is 35.5. The van der Waals surface area contributed by atoms with Crippen molar-refractivity contribution in [2.75, 3.05) is 17.2 Å². The molecule has 0 bridgehead atoms. The van der Waals surface area contributed by atoms with Gasteiger partial charge < -0.3 is 10.6 Å². The van der Waals surface area contributed by atoms with Crippen molar-refractivity contribution in [1.29, 1.82) is 0 Å². The molecule has 3 rings (SSSR count). The summed E-state index contributed by atoms with van der Waals surface area (Å²) in [5, 5.41) is 14.9. The van der Waals surface area contributed by atoms with E-state index >= 15 is 0 Å². The van der Waals surface area contributed by atoms with Gasteiger partial charge >= 0.3 is 0 Å². The SMILES string of the molecule is Cc1c(Cl)cccc1Nc1cnnc(NCCc2ccc(F)cc2)n1. The molecule has 0 amide bonds. The molecule has 128 valence electrons. The zero-order valence-electron chi connectivity index (χ0n) is 13.6. The predicted octanol–water partition coefficient (Wildman–Crippen LogP) is 4.37. The number of benzene rings is 2. The minimum atomic E-state index is -0.237. The van der Waals surface area contributed by atoms with E-state index in [4.69, 9.17) is 11.6 Å². The van der Waals surface area contributed by atoms with Crippen molar-refractivity contribution < 1.29 is 4.39 Å². The molecule has 0 aliphatic heterocycles. The maximum absolute atomic E-state index is 12.9. The maximum Gasteiger partial charge on any atom is 0.244 e. The Morgan fingerprint density at radius 1 is 1.12 bits per heavy atom. The van der Waals surface area contributed by atoms with Crippen LogP contribution in [0.5, 0.6) is 0 Å². The molecule has 2 aromatic carbocycles. The zero-order chi connectivity index (χ0) is 17.6. The van der Waals surface area contributed by atoms with Gasteiger partial charge in [0.2, 0.25) is 5.95 Å². The second kappa shape index (κ2) is 7.90. The molecular weight excluding hydrogens is 341 g/mol. The Balaban J connectivity index is 1.61. The summed E-state index contributed by atoms with van der Waals surface area (Å²) in [4.78, 5) is 4.39. The third kappa shape index (κ3) is 4.64. The molecule has 0 saturated carbocycles. The highest BCUT2D eigenvalue weighted by Gasteiger charge is 2.05. The van der Waals surface area contributed by atoms with Gasteiger partial charge in [-0.3, -0.25) is 0 Å². The van der Waals surface area contributed by atoms with Gasteiger partial charge in [-0.15, -0.1) is 5.10 Å². The van der Waals surface area contributed by atoms with Crippen molar-refractivity contribution in [3.63, 3.8) is 0 Å². The molecule has 0 atom stereocenters. The first-order valence-corrected chi connectivity index (χ1v) is 8.20. The third-order valence-electron chi connectivity index (χ3n) is 3.70. The average molecular weight is 358 g/mol. The van der Waals surface area contributed by atoms with Gasteiger partial charge in [0.1, 0.15) is 5.82 Å². The second-order valence-electron chi connectivity index (χ2n) is 5.51. The van der Waals surface area contributed by atoms with Crippen LogP contribution in [0.4, 0.5) is 21.8 Å². The Morgan fingerprint density at radius 3 is 2.72 bits per heavy atom. The molecule has 25 heavy (non-hydrogen) atoms. The highest BCUT2D eigenvalue weighted by Crippen LogP contribution is 2.25. The first kappa shape index (κ1) is 17.1. The van der Waals surface area contributed by atoms with Crippen molar-refractivity contribution in [3.05, 3.63) is 70.6 Å². The maximum atomic E-state index is 12.9. The number of nitrogens with zero attached hydrogens (tertiary/aromatic N) is 3. The Kier molecular flexibility index (Phi) is 5.40. The summed E-state index contributed by atoms with van der Waals surface area (Å²) in [5.41, 5.74) is 2.84. The van der Waals surface area contributed by atoms with Crippen LogP contribution in [0.1, 0.15) is 11.1 Å². The molecule has 0 fully saturated rings. The normalized spacial score (nSPS) is 10.5. The largest absolute Gasteiger partial charge is 0.353 e. The summed E-state index contributed by atoms with van der Waals surface area (Å²) >= 11 is 6.12. The molecule has 5 nitrogen and oxygen atoms in total. The van der Waals surface area contributed by atoms with Gasteiger partial charge in [-0.05, 0) is 48.7 Å². The van der Waals surface area contributed by atoms with Crippen LogP contribution in [0, 0.1) is 12.7 Å². The summed E-state index contributed by atoms with van der Waals surface area (Å²) < 4.78 is 12.9. The molecule has 7 heteroatoms. The molecule has 0 spiro atoms. The van der Waals surface area contributed by atoms with Gasteiger partial charge in [-0.25, -0.2) is 4.39 Å². The van der Waals surface area contributed by atoms with E-state index in [0.717, 1.165) is 23.2 Å². The van der Waals surface area contributed by atoms with Gasteiger partial charge in [0, 0.05) is 17.3 Å². The van der Waals surface area contributed by atoms with Crippen molar-refractivity contribution >= 4 is 29.1 Å². The van der Waals surface area contributed by atoms with E-state index in [1.54, 1.807) is 18.3 Å². The molecule has 1 heterocycles. The summed E-state index contributed by atoms with van der Waals surface area (Å²) in [5.74, 6) is 0.760. The van der Waals surface area contributed by atoms with Gasteiger partial charge in [0.05, 0.1) is 6.20 Å². The number of halogens is 2. The van der Waals surface area contributed by atoms with E-state index in [0.29, 0.717) is 23.3 Å². The van der Waals surface area contributed by atoms with E-state index in [9.17, 15) is 4.39 Å². The molecular formula is C18H17ClFN5. The van der Waals surface area contributed by atoms with Gasteiger partial charge in [-0.2, -0.15) is 10.1 Å². The highest BCUT2D eigenvalue weighted by molar-refractivity contribution is 6.31. The summed E-state index contributed by atoms with van der Waals surface area (Å²) in [6.45, 7) is 2.55. The minimum absolute atomic E-state index is 0.237. The lowest BCUT2D eigenvalue weighted by atomic mass is 10.1. The number of anilines is 3. The number of hydrogen-bond donors (Lipinski definition) is 2. The minimum Gasteiger partial charge on any atom is -0.353 e. The van der Waals surface area contributed by atoms with Crippen LogP contribution in [0.2, 0.25) is 5.02 Å². The number of nitrogens with one attached hydrogen (secondary N) is 2. The van der Waals surface area contributed by atoms with Crippen LogP contribution < -0.4 is 10.6 Å². The fourth-order valence-electron chi connectivity index (χ4n) is 2.29. The summed E-state index contributed by atoms with van der Waals surface area (Å²) in [6, 6.07) is 12.0. The van der Waals surface area contributed by atoms with Crippen LogP contribution >= 0.6 is 11.6 Å². The lowest BCUT2D eigenvalue weighted by Gasteiger charge is -2.10. The van der Waals surface area contributed by atoms with Gasteiger partial charge in [0.25, 0.3) is 0 Å². The predicted molar refractivity (Wildman–Crippen MR) is 97.9 cm³/mol. The Labute approximate surface area is 150 Å². The van der Waals surface area contributed by atoms with E-state index in [1.165, 1.54) is 12.1 Å². The van der Waals surface area contributed by atoms with Crippen LogP contribution in [-0.2, 0) is 6.42 Å². The topological polar surface area (TPSA) is 62.7 Å². The standard InChI is InChI=1S/C18H17ClFN5/c1-12-15(19)3-2-4-16(12)23-17-11-22-25-18(24-17)21-10-9-13-5-7-14(20)8-6-13/h2-8,11H,9-10H2,1H3,(H2,21,23,24,25). The molecule has 2 N–H and O–H groups in total. The first-order valence-electron chi connectivity index (χ1n) is 7.82.